The molecule has 0 amide bonds. The van der Waals surface area contributed by atoms with E-state index in [2.05, 4.69) is 135 Å². The van der Waals surface area contributed by atoms with E-state index < -0.39 is 10.0 Å². The van der Waals surface area contributed by atoms with Gasteiger partial charge in [-0.25, -0.2) is 0 Å². The van der Waals surface area contributed by atoms with Crippen molar-refractivity contribution in [3.63, 3.8) is 0 Å². The van der Waals surface area contributed by atoms with Crippen LogP contribution in [0.25, 0.3) is 0 Å². The molecular formula is C24H19Br2NS. The van der Waals surface area contributed by atoms with Gasteiger partial charge in [-0.15, -0.1) is 10.0 Å². The van der Waals surface area contributed by atoms with Crippen molar-refractivity contribution in [3.05, 3.63) is 112 Å². The van der Waals surface area contributed by atoms with Gasteiger partial charge in [-0.1, -0.05) is 54.6 Å². The predicted octanol–water partition coefficient (Wildman–Crippen LogP) is 8.13. The van der Waals surface area contributed by atoms with Gasteiger partial charge in [0.05, 0.1) is 5.69 Å². The fraction of sp³-hybridized carbons (Fsp3) is 0. The van der Waals surface area contributed by atoms with Crippen LogP contribution in [0.5, 0.6) is 0 Å². The second-order valence-corrected chi connectivity index (χ2v) is 11.2. The van der Waals surface area contributed by atoms with Crippen LogP contribution in [-0.4, -0.2) is 0 Å². The minimum atomic E-state index is -1.69. The molecule has 4 heteroatoms. The summed E-state index contributed by atoms with van der Waals surface area (Å²) in [6, 6.07) is 36.6. The van der Waals surface area contributed by atoms with E-state index >= 15 is 0 Å². The van der Waals surface area contributed by atoms with E-state index in [1.165, 1.54) is 19.6 Å². The summed E-state index contributed by atoms with van der Waals surface area (Å²) in [5.74, 6) is 0. The molecule has 4 rings (SSSR count). The molecule has 0 aliphatic heterocycles. The molecule has 0 fully saturated rings. The highest BCUT2D eigenvalue weighted by Gasteiger charge is 2.33. The molecule has 0 heterocycles. The van der Waals surface area contributed by atoms with E-state index in [9.17, 15) is 0 Å². The van der Waals surface area contributed by atoms with Crippen LogP contribution < -0.4 is 5.73 Å². The zero-order valence-electron chi connectivity index (χ0n) is 15.1. The SMILES string of the molecule is Nc1c(Br)cc(S(c2ccccc2)(c2ccccc2)c2ccccc2)cc1Br. The third kappa shape index (κ3) is 3.30. The van der Waals surface area contributed by atoms with Gasteiger partial charge in [0.25, 0.3) is 0 Å². The van der Waals surface area contributed by atoms with Crippen molar-refractivity contribution in [2.45, 2.75) is 19.6 Å². The number of rotatable bonds is 4. The minimum Gasteiger partial charge on any atom is -0.397 e. The summed E-state index contributed by atoms with van der Waals surface area (Å²) < 4.78 is 1.80. The molecule has 4 aromatic carbocycles. The van der Waals surface area contributed by atoms with Gasteiger partial charge >= 0.3 is 0 Å². The van der Waals surface area contributed by atoms with Crippen LogP contribution in [-0.2, 0) is 0 Å². The molecule has 0 aliphatic rings. The Kier molecular flexibility index (Phi) is 5.63. The van der Waals surface area contributed by atoms with Crippen LogP contribution >= 0.6 is 41.9 Å². The van der Waals surface area contributed by atoms with Crippen LogP contribution in [0.15, 0.2) is 132 Å². The van der Waals surface area contributed by atoms with Gasteiger partial charge < -0.3 is 5.73 Å². The van der Waals surface area contributed by atoms with Gasteiger partial charge in [0, 0.05) is 28.5 Å². The van der Waals surface area contributed by atoms with Gasteiger partial charge in [0.2, 0.25) is 0 Å². The van der Waals surface area contributed by atoms with E-state index in [-0.39, 0.29) is 0 Å². The maximum Gasteiger partial charge on any atom is 0.0603 e. The topological polar surface area (TPSA) is 26.0 Å². The Morgan fingerprint density at radius 1 is 0.500 bits per heavy atom. The number of hydrogen-bond acceptors (Lipinski definition) is 1. The lowest BCUT2D eigenvalue weighted by molar-refractivity contribution is 1.23. The first kappa shape index (κ1) is 19.3. The molecule has 0 saturated carbocycles. The minimum absolute atomic E-state index is 0.714. The Balaban J connectivity index is 2.17. The Hall–Kier alpha value is -2.01. The zero-order valence-corrected chi connectivity index (χ0v) is 19.0. The average molecular weight is 513 g/mol. The van der Waals surface area contributed by atoms with Crippen LogP contribution in [0, 0.1) is 0 Å². The van der Waals surface area contributed by atoms with Crippen molar-refractivity contribution in [1.29, 1.82) is 0 Å². The largest absolute Gasteiger partial charge is 0.397 e. The maximum absolute atomic E-state index is 6.23. The van der Waals surface area contributed by atoms with Crippen LogP contribution in [0.2, 0.25) is 0 Å². The first-order chi connectivity index (χ1) is 13.6. The summed E-state index contributed by atoms with van der Waals surface area (Å²) in [5.41, 5.74) is 6.94. The molecule has 0 aliphatic carbocycles. The molecule has 0 saturated heterocycles. The molecule has 4 aromatic rings. The number of hydrogen-bond donors (Lipinski definition) is 1. The fourth-order valence-corrected chi connectivity index (χ4v) is 8.84. The van der Waals surface area contributed by atoms with Gasteiger partial charge in [0.1, 0.15) is 0 Å². The molecule has 1 nitrogen and oxygen atoms in total. The lowest BCUT2D eigenvalue weighted by Crippen LogP contribution is -2.06. The Bertz CT molecular complexity index is 964. The predicted molar refractivity (Wildman–Crippen MR) is 126 cm³/mol. The van der Waals surface area contributed by atoms with Crippen LogP contribution in [0.1, 0.15) is 0 Å². The lowest BCUT2D eigenvalue weighted by atomic mass is 10.3. The van der Waals surface area contributed by atoms with E-state index in [4.69, 9.17) is 5.73 Å². The van der Waals surface area contributed by atoms with Crippen LogP contribution in [0.3, 0.4) is 0 Å². The maximum atomic E-state index is 6.23. The van der Waals surface area contributed by atoms with Crippen molar-refractivity contribution in [2.75, 3.05) is 5.73 Å². The number of anilines is 1. The third-order valence-corrected chi connectivity index (χ3v) is 9.89. The standard InChI is InChI=1S/C24H19Br2NS/c25-22-16-21(17-23(26)24(22)27)28(18-10-4-1-5-11-18,19-12-6-2-7-13-19)20-14-8-3-9-15-20/h1-17H,27H2. The molecule has 0 unspecified atom stereocenters. The molecule has 0 spiro atoms. The fourth-order valence-electron chi connectivity index (χ4n) is 3.43. The van der Waals surface area contributed by atoms with Crippen LogP contribution in [0.4, 0.5) is 5.69 Å². The number of nitrogens with two attached hydrogens (primary N) is 1. The summed E-state index contributed by atoms with van der Waals surface area (Å²) in [6.45, 7) is 0. The molecule has 28 heavy (non-hydrogen) atoms. The van der Waals surface area contributed by atoms with Gasteiger partial charge in [-0.05, 0) is 80.4 Å². The molecule has 0 bridgehead atoms. The number of halogens is 2. The van der Waals surface area contributed by atoms with Gasteiger partial charge in [-0.3, -0.25) is 0 Å². The quantitative estimate of drug-likeness (QED) is 0.274. The van der Waals surface area contributed by atoms with E-state index in [0.717, 1.165) is 8.95 Å². The van der Waals surface area contributed by atoms with Crippen molar-refractivity contribution in [1.82, 2.24) is 0 Å². The van der Waals surface area contributed by atoms with E-state index in [1.807, 2.05) is 0 Å². The molecule has 140 valence electrons. The van der Waals surface area contributed by atoms with E-state index in [0.29, 0.717) is 5.69 Å². The number of nitrogen functional groups attached to an aromatic ring is 1. The van der Waals surface area contributed by atoms with Crippen molar-refractivity contribution >= 4 is 47.6 Å². The lowest BCUT2D eigenvalue weighted by Gasteiger charge is -2.42. The highest BCUT2D eigenvalue weighted by molar-refractivity contribution is 9.11. The van der Waals surface area contributed by atoms with Crippen molar-refractivity contribution in [2.24, 2.45) is 0 Å². The second-order valence-electron chi connectivity index (χ2n) is 6.35. The smallest absolute Gasteiger partial charge is 0.0603 e. The number of benzene rings is 4. The summed E-state index contributed by atoms with van der Waals surface area (Å²) >= 11 is 7.33. The highest BCUT2D eigenvalue weighted by atomic mass is 79.9. The van der Waals surface area contributed by atoms with Gasteiger partial charge in [-0.2, -0.15) is 0 Å². The summed E-state index contributed by atoms with van der Waals surface area (Å²) in [4.78, 5) is 5.09. The summed E-state index contributed by atoms with van der Waals surface area (Å²) in [7, 11) is -1.69. The molecule has 0 radical (unpaired) electrons. The van der Waals surface area contributed by atoms with Gasteiger partial charge in [0.15, 0.2) is 0 Å². The highest BCUT2D eigenvalue weighted by Crippen LogP contribution is 2.73. The molecule has 0 aromatic heterocycles. The van der Waals surface area contributed by atoms with E-state index in [1.54, 1.807) is 0 Å². The molecule has 0 atom stereocenters. The Morgan fingerprint density at radius 3 is 1.14 bits per heavy atom. The first-order valence-corrected chi connectivity index (χ1v) is 12.1. The zero-order chi connectivity index (χ0) is 19.6. The molecule has 2 N–H and O–H groups in total. The van der Waals surface area contributed by atoms with Crippen molar-refractivity contribution in [3.8, 4) is 0 Å². The molecular weight excluding hydrogens is 494 g/mol. The third-order valence-electron chi connectivity index (χ3n) is 4.70. The Labute approximate surface area is 184 Å². The first-order valence-electron chi connectivity index (χ1n) is 8.87. The summed E-state index contributed by atoms with van der Waals surface area (Å²) in [5, 5.41) is 0. The average Bonchev–Trinajstić information content (AvgIpc) is 2.75. The second kappa shape index (κ2) is 8.16. The normalized spacial score (nSPS) is 11.9. The monoisotopic (exact) mass is 511 g/mol. The Morgan fingerprint density at radius 2 is 0.821 bits per heavy atom. The van der Waals surface area contributed by atoms with Crippen molar-refractivity contribution < 1.29 is 0 Å². The summed E-state index contributed by atoms with van der Waals surface area (Å²) in [6.07, 6.45) is 0.